The van der Waals surface area contributed by atoms with Crippen molar-refractivity contribution in [3.63, 3.8) is 0 Å². The molecule has 0 saturated heterocycles. The van der Waals surface area contributed by atoms with Crippen LogP contribution in [0.3, 0.4) is 0 Å². The van der Waals surface area contributed by atoms with Gasteiger partial charge in [-0.2, -0.15) is 0 Å². The summed E-state index contributed by atoms with van der Waals surface area (Å²) in [5.41, 5.74) is 4.71. The van der Waals surface area contributed by atoms with Gasteiger partial charge in [-0.05, 0) is 24.1 Å². The molecule has 0 spiro atoms. The van der Waals surface area contributed by atoms with Gasteiger partial charge in [0.25, 0.3) is 0 Å². The minimum atomic E-state index is 1.07. The fraction of sp³-hybridized carbons (Fsp3) is 0.143. The lowest BCUT2D eigenvalue weighted by Crippen LogP contribution is -2.18. The van der Waals surface area contributed by atoms with Gasteiger partial charge in [-0.1, -0.05) is 43.0 Å². The molecule has 1 aliphatic heterocycles. The third-order valence-corrected chi connectivity index (χ3v) is 2.78. The monoisotopic (exact) mass is 197 g/mol. The summed E-state index contributed by atoms with van der Waals surface area (Å²) in [6, 6.07) is 10.4. The van der Waals surface area contributed by atoms with E-state index in [-0.39, 0.29) is 0 Å². The molecule has 1 heteroatoms. The van der Waals surface area contributed by atoms with Crippen molar-refractivity contribution < 1.29 is 0 Å². The predicted molar refractivity (Wildman–Crippen MR) is 65.1 cm³/mol. The SMILES string of the molecule is C=C1C(C)=CC=C(c2ccccc2)N1C. The first-order valence-electron chi connectivity index (χ1n) is 5.07. The molecule has 0 aliphatic carbocycles. The maximum atomic E-state index is 4.07. The average Bonchev–Trinajstić information content (AvgIpc) is 2.27. The van der Waals surface area contributed by atoms with Crippen molar-refractivity contribution in [2.24, 2.45) is 0 Å². The molecule has 0 saturated carbocycles. The second-order valence-electron chi connectivity index (χ2n) is 3.77. The van der Waals surface area contributed by atoms with Gasteiger partial charge in [0, 0.05) is 18.4 Å². The van der Waals surface area contributed by atoms with Crippen molar-refractivity contribution in [3.05, 3.63) is 65.9 Å². The van der Waals surface area contributed by atoms with Gasteiger partial charge in [-0.25, -0.2) is 0 Å². The summed E-state index contributed by atoms with van der Waals surface area (Å²) < 4.78 is 0. The van der Waals surface area contributed by atoms with Gasteiger partial charge in [-0.3, -0.25) is 0 Å². The lowest BCUT2D eigenvalue weighted by atomic mass is 10.0. The summed E-state index contributed by atoms with van der Waals surface area (Å²) in [5.74, 6) is 0. The van der Waals surface area contributed by atoms with Gasteiger partial charge in [0.2, 0.25) is 0 Å². The summed E-state index contributed by atoms with van der Waals surface area (Å²) in [6.45, 7) is 6.15. The third-order valence-electron chi connectivity index (χ3n) is 2.78. The van der Waals surface area contributed by atoms with Crippen LogP contribution in [0.2, 0.25) is 0 Å². The van der Waals surface area contributed by atoms with Crippen LogP contribution in [0.5, 0.6) is 0 Å². The standard InChI is InChI=1S/C14H15N/c1-11-9-10-14(15(3)12(11)2)13-7-5-4-6-8-13/h4-10H,2H2,1,3H3. The zero-order chi connectivity index (χ0) is 10.8. The third kappa shape index (κ3) is 1.73. The highest BCUT2D eigenvalue weighted by Crippen LogP contribution is 2.28. The molecule has 0 bridgehead atoms. The molecular formula is C14H15N. The Balaban J connectivity index is 2.43. The van der Waals surface area contributed by atoms with Crippen LogP contribution < -0.4 is 0 Å². The van der Waals surface area contributed by atoms with Crippen molar-refractivity contribution >= 4 is 5.70 Å². The van der Waals surface area contributed by atoms with E-state index in [0.29, 0.717) is 0 Å². The molecule has 1 aromatic rings. The van der Waals surface area contributed by atoms with Crippen LogP contribution in [0.15, 0.2) is 60.3 Å². The number of nitrogens with zero attached hydrogens (tertiary/aromatic N) is 1. The summed E-state index contributed by atoms with van der Waals surface area (Å²) in [7, 11) is 2.05. The first-order chi connectivity index (χ1) is 7.20. The largest absolute Gasteiger partial charge is 0.344 e. The fourth-order valence-corrected chi connectivity index (χ4v) is 1.72. The average molecular weight is 197 g/mol. The lowest BCUT2D eigenvalue weighted by molar-refractivity contribution is 0.603. The van der Waals surface area contributed by atoms with Crippen LogP contribution in [0.25, 0.3) is 5.70 Å². The predicted octanol–water partition coefficient (Wildman–Crippen LogP) is 3.43. The minimum Gasteiger partial charge on any atom is -0.344 e. The smallest absolute Gasteiger partial charge is 0.0481 e. The molecule has 0 radical (unpaired) electrons. The lowest BCUT2D eigenvalue weighted by Gasteiger charge is -2.28. The number of likely N-dealkylation sites (N-methyl/N-ethyl adjacent to an activating group) is 1. The van der Waals surface area contributed by atoms with E-state index in [1.807, 2.05) is 6.07 Å². The number of allylic oxidation sites excluding steroid dienone is 3. The first-order valence-corrected chi connectivity index (χ1v) is 5.07. The van der Waals surface area contributed by atoms with Crippen LogP contribution in [-0.2, 0) is 0 Å². The van der Waals surface area contributed by atoms with Crippen molar-refractivity contribution in [1.82, 2.24) is 4.90 Å². The maximum Gasteiger partial charge on any atom is 0.0481 e. The Morgan fingerprint density at radius 2 is 1.73 bits per heavy atom. The molecule has 0 aromatic heterocycles. The molecule has 2 rings (SSSR count). The Bertz CT molecular complexity index is 438. The van der Waals surface area contributed by atoms with Gasteiger partial charge in [0.05, 0.1) is 0 Å². The van der Waals surface area contributed by atoms with Crippen LogP contribution >= 0.6 is 0 Å². The van der Waals surface area contributed by atoms with Crippen molar-refractivity contribution in [1.29, 1.82) is 0 Å². The summed E-state index contributed by atoms with van der Waals surface area (Å²) >= 11 is 0. The quantitative estimate of drug-likeness (QED) is 0.666. The molecule has 0 atom stereocenters. The van der Waals surface area contributed by atoms with E-state index in [9.17, 15) is 0 Å². The summed E-state index contributed by atoms with van der Waals surface area (Å²) in [6.07, 6.45) is 4.25. The molecule has 1 aliphatic rings. The van der Waals surface area contributed by atoms with Crippen molar-refractivity contribution in [3.8, 4) is 0 Å². The van der Waals surface area contributed by atoms with Gasteiger partial charge in [0.1, 0.15) is 0 Å². The molecule has 0 unspecified atom stereocenters. The van der Waals surface area contributed by atoms with Gasteiger partial charge >= 0.3 is 0 Å². The van der Waals surface area contributed by atoms with Crippen LogP contribution in [-0.4, -0.2) is 11.9 Å². The van der Waals surface area contributed by atoms with E-state index in [4.69, 9.17) is 0 Å². The number of benzene rings is 1. The van der Waals surface area contributed by atoms with E-state index >= 15 is 0 Å². The van der Waals surface area contributed by atoms with Gasteiger partial charge in [-0.15, -0.1) is 0 Å². The van der Waals surface area contributed by atoms with E-state index in [2.05, 4.69) is 61.9 Å². The van der Waals surface area contributed by atoms with Crippen molar-refractivity contribution in [2.45, 2.75) is 6.92 Å². The molecule has 1 nitrogen and oxygen atoms in total. The highest BCUT2D eigenvalue weighted by molar-refractivity contribution is 5.70. The van der Waals surface area contributed by atoms with Crippen LogP contribution in [0.4, 0.5) is 0 Å². The highest BCUT2D eigenvalue weighted by Gasteiger charge is 2.14. The number of rotatable bonds is 1. The Labute approximate surface area is 91.0 Å². The Hall–Kier alpha value is -1.76. The van der Waals surface area contributed by atoms with Gasteiger partial charge < -0.3 is 4.90 Å². The zero-order valence-corrected chi connectivity index (χ0v) is 9.20. The van der Waals surface area contributed by atoms with Gasteiger partial charge in [0.15, 0.2) is 0 Å². The molecule has 0 amide bonds. The highest BCUT2D eigenvalue weighted by atomic mass is 15.1. The minimum absolute atomic E-state index is 1.07. The zero-order valence-electron chi connectivity index (χ0n) is 9.20. The Morgan fingerprint density at radius 1 is 1.07 bits per heavy atom. The fourth-order valence-electron chi connectivity index (χ4n) is 1.72. The number of hydrogen-bond acceptors (Lipinski definition) is 1. The number of hydrogen-bond donors (Lipinski definition) is 0. The van der Waals surface area contributed by atoms with Crippen LogP contribution in [0.1, 0.15) is 12.5 Å². The van der Waals surface area contributed by atoms with E-state index in [1.54, 1.807) is 0 Å². The molecule has 76 valence electrons. The molecular weight excluding hydrogens is 182 g/mol. The van der Waals surface area contributed by atoms with E-state index in [0.717, 1.165) is 5.70 Å². The molecule has 1 heterocycles. The van der Waals surface area contributed by atoms with E-state index in [1.165, 1.54) is 16.8 Å². The van der Waals surface area contributed by atoms with E-state index < -0.39 is 0 Å². The molecule has 0 fully saturated rings. The first kappa shape index (κ1) is 9.78. The Morgan fingerprint density at radius 3 is 2.40 bits per heavy atom. The molecule has 1 aromatic carbocycles. The second kappa shape index (κ2) is 3.77. The Kier molecular flexibility index (Phi) is 2.46. The van der Waals surface area contributed by atoms with Crippen LogP contribution in [0, 0.1) is 0 Å². The summed E-state index contributed by atoms with van der Waals surface area (Å²) in [5, 5.41) is 0. The normalized spacial score (nSPS) is 16.1. The topological polar surface area (TPSA) is 3.24 Å². The van der Waals surface area contributed by atoms with Crippen molar-refractivity contribution in [2.75, 3.05) is 7.05 Å². The molecule has 15 heavy (non-hydrogen) atoms. The molecule has 0 N–H and O–H groups in total. The maximum absolute atomic E-state index is 4.07. The second-order valence-corrected chi connectivity index (χ2v) is 3.77. The summed E-state index contributed by atoms with van der Waals surface area (Å²) in [4.78, 5) is 2.13.